The molecule has 0 radical (unpaired) electrons. The zero-order valence-corrected chi connectivity index (χ0v) is 36.6. The fourth-order valence-corrected chi connectivity index (χ4v) is 11.6. The summed E-state index contributed by atoms with van der Waals surface area (Å²) in [5.74, 6) is 0.937. The van der Waals surface area contributed by atoms with Gasteiger partial charge in [0.15, 0.2) is 0 Å². The van der Waals surface area contributed by atoms with Gasteiger partial charge in [-0.05, 0) is 35.4 Å². The van der Waals surface area contributed by atoms with Crippen LogP contribution in [0, 0.1) is 45.3 Å². The maximum absolute atomic E-state index is 14.4. The number of thiophene rings is 4. The Labute approximate surface area is 378 Å². The Morgan fingerprint density at radius 3 is 1.30 bits per heavy atom. The number of nitriles is 4. The minimum absolute atomic E-state index is 0.0153. The second-order valence-electron chi connectivity index (χ2n) is 13.6. The largest absolute Gasteiger partial charge is 0.495 e. The molecule has 310 valence electrons. The summed E-state index contributed by atoms with van der Waals surface area (Å²) in [5.41, 5.74) is 3.16. The molecule has 0 N–H and O–H groups in total. The van der Waals surface area contributed by atoms with Gasteiger partial charge >= 0.3 is 12.2 Å². The lowest BCUT2D eigenvalue weighted by atomic mass is 10.2. The predicted molar refractivity (Wildman–Crippen MR) is 249 cm³/mol. The lowest BCUT2D eigenvalue weighted by Gasteiger charge is -2.09. The summed E-state index contributed by atoms with van der Waals surface area (Å²) in [7, 11) is 3.02. The zero-order chi connectivity index (χ0) is 44.5. The first-order chi connectivity index (χ1) is 31.2. The van der Waals surface area contributed by atoms with Crippen molar-refractivity contribution in [3.05, 3.63) is 108 Å². The number of ether oxygens (including phenoxy) is 4. The number of aromatic nitrogens is 2. The topological polar surface area (TPSA) is 201 Å². The molecule has 18 heteroatoms. The van der Waals surface area contributed by atoms with E-state index in [1.54, 1.807) is 36.4 Å². The minimum atomic E-state index is -0.626. The highest BCUT2D eigenvalue weighted by Crippen LogP contribution is 2.51. The summed E-state index contributed by atoms with van der Waals surface area (Å²) < 4.78 is 27.8. The second kappa shape index (κ2) is 17.3. The fraction of sp³-hybridized carbons (Fsp3) is 0.0870. The molecule has 0 bridgehead atoms. The SMILES string of the molecule is COc1cc(N=C(C#N)C#N)sc1-c1cc2c(s1)c1cc3c(cc1n2C(=O)OCc1ccccc1)c1sc(-c2sc(N=C(C#N)C#N)cc2OC)cc1n3C(=O)OCc1ccccc1. The van der Waals surface area contributed by atoms with E-state index in [4.69, 9.17) is 18.9 Å². The van der Waals surface area contributed by atoms with Crippen molar-refractivity contribution in [2.24, 2.45) is 9.98 Å². The molecule has 0 fully saturated rings. The van der Waals surface area contributed by atoms with Crippen molar-refractivity contribution >= 4 is 121 Å². The average Bonchev–Trinajstić information content (AvgIpc) is 4.19. The zero-order valence-electron chi connectivity index (χ0n) is 33.3. The van der Waals surface area contributed by atoms with Crippen LogP contribution in [0.3, 0.4) is 0 Å². The lowest BCUT2D eigenvalue weighted by molar-refractivity contribution is 0.142. The second-order valence-corrected chi connectivity index (χ2v) is 17.8. The number of fused-ring (bicyclic) bond motifs is 6. The molecule has 0 aliphatic heterocycles. The van der Waals surface area contributed by atoms with Gasteiger partial charge in [-0.25, -0.2) is 28.7 Å². The summed E-state index contributed by atoms with van der Waals surface area (Å²) in [5, 5.41) is 39.5. The summed E-state index contributed by atoms with van der Waals surface area (Å²) in [6, 6.07) is 36.6. The number of carbonyl (C=O) groups excluding carboxylic acids is 2. The van der Waals surface area contributed by atoms with Gasteiger partial charge in [0, 0.05) is 22.9 Å². The third-order valence-electron chi connectivity index (χ3n) is 9.89. The summed E-state index contributed by atoms with van der Waals surface area (Å²) in [6.07, 6.45) is -1.25. The molecule has 0 aliphatic carbocycles. The highest BCUT2D eigenvalue weighted by Gasteiger charge is 2.28. The van der Waals surface area contributed by atoms with Crippen molar-refractivity contribution in [1.29, 1.82) is 21.0 Å². The van der Waals surface area contributed by atoms with E-state index in [2.05, 4.69) is 9.98 Å². The van der Waals surface area contributed by atoms with Gasteiger partial charge in [-0.3, -0.25) is 0 Å². The third kappa shape index (κ3) is 7.49. The molecule has 0 amide bonds. The molecule has 6 aromatic heterocycles. The molecule has 0 aliphatic rings. The van der Waals surface area contributed by atoms with Gasteiger partial charge in [0.05, 0.1) is 65.2 Å². The number of hydrogen-bond donors (Lipinski definition) is 0. The van der Waals surface area contributed by atoms with E-state index in [1.165, 1.54) is 68.7 Å². The summed E-state index contributed by atoms with van der Waals surface area (Å²) >= 11 is 5.25. The third-order valence-corrected chi connectivity index (χ3v) is 14.6. The van der Waals surface area contributed by atoms with Crippen molar-refractivity contribution in [3.63, 3.8) is 0 Å². The molecule has 0 spiro atoms. The summed E-state index contributed by atoms with van der Waals surface area (Å²) in [6.45, 7) is 0.0305. The first-order valence-corrected chi connectivity index (χ1v) is 22.1. The van der Waals surface area contributed by atoms with Gasteiger partial charge in [-0.2, -0.15) is 21.0 Å². The molecule has 6 heterocycles. The Balaban J connectivity index is 1.26. The van der Waals surface area contributed by atoms with E-state index < -0.39 is 12.2 Å². The van der Waals surface area contributed by atoms with Crippen LogP contribution in [0.25, 0.3) is 61.7 Å². The average molecular weight is 915 g/mol. The normalized spacial score (nSPS) is 10.8. The van der Waals surface area contributed by atoms with Gasteiger partial charge in [-0.15, -0.1) is 45.3 Å². The van der Waals surface area contributed by atoms with E-state index in [-0.39, 0.29) is 24.6 Å². The van der Waals surface area contributed by atoms with Gasteiger partial charge in [-0.1, -0.05) is 60.7 Å². The molecule has 3 aromatic carbocycles. The first-order valence-electron chi connectivity index (χ1n) is 18.9. The van der Waals surface area contributed by atoms with Gasteiger partial charge in [0.2, 0.25) is 11.4 Å². The van der Waals surface area contributed by atoms with Crippen LogP contribution in [0.5, 0.6) is 11.5 Å². The van der Waals surface area contributed by atoms with E-state index in [0.29, 0.717) is 64.1 Å². The van der Waals surface area contributed by atoms with Gasteiger partial charge in [0.25, 0.3) is 0 Å². The van der Waals surface area contributed by atoms with Gasteiger partial charge < -0.3 is 18.9 Å². The molecule has 64 heavy (non-hydrogen) atoms. The smallest absolute Gasteiger partial charge is 0.419 e. The van der Waals surface area contributed by atoms with Crippen LogP contribution in [-0.4, -0.2) is 47.0 Å². The van der Waals surface area contributed by atoms with E-state index in [9.17, 15) is 30.6 Å². The monoisotopic (exact) mass is 914 g/mol. The number of aliphatic imine (C=N–C) groups is 2. The standard InChI is InChI=1S/C46H26N8O6S4/c1-57-35-17-39(51-27(19-47)20-48)63-43(35)37-15-33-41(61-37)29-13-32-30(14-31(29)53(33)45(55)59-23-25-9-5-3-6-10-25)42-34(54(32)46(56)60-24-26-11-7-4-8-12-26)16-38(62-42)44-36(58-2)18-40(64-44)52-28(21-49)22-50/h3-18H,23-24H2,1-2H3. The maximum Gasteiger partial charge on any atom is 0.419 e. The molecule has 9 rings (SSSR count). The Bertz CT molecular complexity index is 3310. The molecule has 9 aromatic rings. The van der Waals surface area contributed by atoms with Gasteiger partial charge in [0.1, 0.15) is 59.0 Å². The Morgan fingerprint density at radius 1 is 0.547 bits per heavy atom. The van der Waals surface area contributed by atoms with E-state index in [0.717, 1.165) is 30.3 Å². The van der Waals surface area contributed by atoms with E-state index >= 15 is 0 Å². The maximum atomic E-state index is 14.4. The number of rotatable bonds is 10. The van der Waals surface area contributed by atoms with Crippen molar-refractivity contribution in [1.82, 2.24) is 9.13 Å². The lowest BCUT2D eigenvalue weighted by Crippen LogP contribution is -2.14. The molecule has 0 atom stereocenters. The minimum Gasteiger partial charge on any atom is -0.495 e. The number of benzene rings is 3. The number of methoxy groups -OCH3 is 2. The predicted octanol–water partition coefficient (Wildman–Crippen LogP) is 12.1. The van der Waals surface area contributed by atoms with Crippen molar-refractivity contribution < 1.29 is 28.5 Å². The molecule has 0 unspecified atom stereocenters. The van der Waals surface area contributed by atoms with E-state index in [1.807, 2.05) is 84.9 Å². The van der Waals surface area contributed by atoms with Crippen LogP contribution in [-0.2, 0) is 22.7 Å². The highest BCUT2D eigenvalue weighted by molar-refractivity contribution is 7.28. The van der Waals surface area contributed by atoms with Crippen molar-refractivity contribution in [2.45, 2.75) is 13.2 Å². The van der Waals surface area contributed by atoms with Crippen molar-refractivity contribution in [3.8, 4) is 55.3 Å². The van der Waals surface area contributed by atoms with Crippen LogP contribution < -0.4 is 9.47 Å². The number of nitrogens with zero attached hydrogens (tertiary/aromatic N) is 8. The Morgan fingerprint density at radius 2 is 0.938 bits per heavy atom. The van der Waals surface area contributed by atoms with Crippen LogP contribution >= 0.6 is 45.3 Å². The molecule has 0 saturated carbocycles. The molecule has 0 saturated heterocycles. The van der Waals surface area contributed by atoms with Crippen LogP contribution in [0.4, 0.5) is 19.6 Å². The van der Waals surface area contributed by atoms with Crippen molar-refractivity contribution in [2.75, 3.05) is 14.2 Å². The molecule has 14 nitrogen and oxygen atoms in total. The van der Waals surface area contributed by atoms with Crippen LogP contribution in [0.2, 0.25) is 0 Å². The fourth-order valence-electron chi connectivity index (χ4n) is 7.09. The number of hydrogen-bond acceptors (Lipinski definition) is 16. The van der Waals surface area contributed by atoms with Crippen LogP contribution in [0.15, 0.2) is 107 Å². The first kappa shape index (κ1) is 41.3. The molecular weight excluding hydrogens is 889 g/mol. The Kier molecular flexibility index (Phi) is 11.2. The van der Waals surface area contributed by atoms with Crippen LogP contribution in [0.1, 0.15) is 11.1 Å². The molecular formula is C46H26N8O6S4. The summed E-state index contributed by atoms with van der Waals surface area (Å²) in [4.78, 5) is 39.9. The quantitative estimate of drug-likeness (QED) is 0.119. The highest BCUT2D eigenvalue weighted by atomic mass is 32.1. The number of carbonyl (C=O) groups is 2. The Hall–Kier alpha value is -8.10.